The minimum Gasteiger partial charge on any atom is -0.316 e. The summed E-state index contributed by atoms with van der Waals surface area (Å²) in [6.45, 7) is 6.68. The summed E-state index contributed by atoms with van der Waals surface area (Å²) in [7, 11) is 1.96. The summed E-state index contributed by atoms with van der Waals surface area (Å²) in [5.41, 5.74) is 2.45. The van der Waals surface area contributed by atoms with Gasteiger partial charge in [0.25, 0.3) is 0 Å². The molecule has 94 valence electrons. The highest BCUT2D eigenvalue weighted by Gasteiger charge is 2.20. The molecule has 2 heterocycles. The van der Waals surface area contributed by atoms with Crippen LogP contribution in [0.2, 0.25) is 0 Å². The fourth-order valence-electron chi connectivity index (χ4n) is 2.48. The Morgan fingerprint density at radius 3 is 2.94 bits per heavy atom. The quantitative estimate of drug-likeness (QED) is 0.843. The Labute approximate surface area is 104 Å². The molecule has 1 atom stereocenters. The van der Waals surface area contributed by atoms with Crippen molar-refractivity contribution in [1.82, 2.24) is 15.2 Å². The first-order valence-corrected chi connectivity index (χ1v) is 6.62. The molecule has 0 bridgehead atoms. The second-order valence-corrected chi connectivity index (χ2v) is 4.99. The summed E-state index contributed by atoms with van der Waals surface area (Å²) in [5.74, 6) is 0.901. The van der Waals surface area contributed by atoms with Crippen molar-refractivity contribution in [1.29, 1.82) is 0 Å². The van der Waals surface area contributed by atoms with Gasteiger partial charge in [-0.25, -0.2) is 0 Å². The second-order valence-electron chi connectivity index (χ2n) is 4.99. The molecule has 0 aromatic carbocycles. The highest BCUT2D eigenvalue weighted by atomic mass is 15.1. The topological polar surface area (TPSA) is 28.2 Å². The highest BCUT2D eigenvalue weighted by molar-refractivity contribution is 5.14. The lowest BCUT2D eigenvalue weighted by atomic mass is 10.1. The maximum Gasteiger partial charge on any atom is 0.0544 e. The van der Waals surface area contributed by atoms with E-state index >= 15 is 0 Å². The van der Waals surface area contributed by atoms with Crippen LogP contribution in [0, 0.1) is 5.92 Å². The van der Waals surface area contributed by atoms with Crippen LogP contribution in [-0.4, -0.2) is 30.0 Å². The molecule has 1 aliphatic rings. The summed E-state index contributed by atoms with van der Waals surface area (Å²) >= 11 is 0. The monoisotopic (exact) mass is 233 g/mol. The molecular weight excluding hydrogens is 210 g/mol. The summed E-state index contributed by atoms with van der Waals surface area (Å²) in [4.78, 5) is 7.05. The lowest BCUT2D eigenvalue weighted by Gasteiger charge is -2.15. The molecule has 3 heteroatoms. The van der Waals surface area contributed by atoms with Crippen LogP contribution in [0.1, 0.15) is 31.0 Å². The van der Waals surface area contributed by atoms with E-state index in [9.17, 15) is 0 Å². The number of aromatic nitrogens is 1. The smallest absolute Gasteiger partial charge is 0.0544 e. The molecule has 0 amide bonds. The largest absolute Gasteiger partial charge is 0.316 e. The van der Waals surface area contributed by atoms with Crippen LogP contribution in [-0.2, 0) is 13.1 Å². The lowest BCUT2D eigenvalue weighted by Crippen LogP contribution is -2.20. The third-order valence-electron chi connectivity index (χ3n) is 3.60. The summed E-state index contributed by atoms with van der Waals surface area (Å²) in [6, 6.07) is 4.33. The first kappa shape index (κ1) is 12.5. The van der Waals surface area contributed by atoms with Gasteiger partial charge in [-0.2, -0.15) is 0 Å². The van der Waals surface area contributed by atoms with Crippen molar-refractivity contribution in [2.45, 2.75) is 32.9 Å². The van der Waals surface area contributed by atoms with Crippen molar-refractivity contribution < 1.29 is 0 Å². The van der Waals surface area contributed by atoms with Crippen LogP contribution in [0.15, 0.2) is 18.3 Å². The zero-order chi connectivity index (χ0) is 12.1. The number of likely N-dealkylation sites (tertiary alicyclic amines) is 1. The zero-order valence-corrected chi connectivity index (χ0v) is 10.9. The van der Waals surface area contributed by atoms with E-state index in [-0.39, 0.29) is 0 Å². The van der Waals surface area contributed by atoms with E-state index in [0.717, 1.165) is 19.0 Å². The Kier molecular flexibility index (Phi) is 4.51. The molecular formula is C14H23N3. The Morgan fingerprint density at radius 2 is 2.35 bits per heavy atom. The fraction of sp³-hybridized carbons (Fsp3) is 0.643. The molecule has 1 aromatic heterocycles. The molecule has 1 N–H and O–H groups in total. The van der Waals surface area contributed by atoms with Gasteiger partial charge in [0.15, 0.2) is 0 Å². The average Bonchev–Trinajstić information content (AvgIpc) is 2.80. The molecule has 1 saturated heterocycles. The molecule has 0 aliphatic carbocycles. The van der Waals surface area contributed by atoms with E-state index in [0.29, 0.717) is 0 Å². The molecule has 17 heavy (non-hydrogen) atoms. The van der Waals surface area contributed by atoms with Gasteiger partial charge in [-0.05, 0) is 37.6 Å². The zero-order valence-electron chi connectivity index (χ0n) is 10.9. The summed E-state index contributed by atoms with van der Waals surface area (Å²) in [6.07, 6.45) is 4.65. The standard InChI is InChI=1S/C14H23N3/c1-3-12-6-7-17(10-12)11-14-5-4-13(8-15-2)9-16-14/h4-5,9,12,15H,3,6-8,10-11H2,1-2H3. The first-order valence-electron chi connectivity index (χ1n) is 6.62. The van der Waals surface area contributed by atoms with Gasteiger partial charge in [-0.15, -0.1) is 0 Å². The Hall–Kier alpha value is -0.930. The molecule has 2 rings (SSSR count). The van der Waals surface area contributed by atoms with Gasteiger partial charge >= 0.3 is 0 Å². The van der Waals surface area contributed by atoms with Crippen LogP contribution in [0.25, 0.3) is 0 Å². The minimum absolute atomic E-state index is 0.898. The maximum atomic E-state index is 4.53. The van der Waals surface area contributed by atoms with Gasteiger partial charge in [0.1, 0.15) is 0 Å². The van der Waals surface area contributed by atoms with Gasteiger partial charge in [-0.1, -0.05) is 19.4 Å². The van der Waals surface area contributed by atoms with E-state index in [1.54, 1.807) is 0 Å². The first-order chi connectivity index (χ1) is 8.31. The van der Waals surface area contributed by atoms with E-state index in [1.807, 2.05) is 13.2 Å². The van der Waals surface area contributed by atoms with E-state index in [2.05, 4.69) is 34.3 Å². The molecule has 3 nitrogen and oxygen atoms in total. The number of pyridine rings is 1. The van der Waals surface area contributed by atoms with Crippen molar-refractivity contribution in [3.8, 4) is 0 Å². The van der Waals surface area contributed by atoms with Gasteiger partial charge < -0.3 is 5.32 Å². The van der Waals surface area contributed by atoms with Gasteiger partial charge in [-0.3, -0.25) is 9.88 Å². The fourth-order valence-corrected chi connectivity index (χ4v) is 2.48. The third kappa shape index (κ3) is 3.51. The van der Waals surface area contributed by atoms with Gasteiger partial charge in [0.05, 0.1) is 5.69 Å². The van der Waals surface area contributed by atoms with Crippen molar-refractivity contribution in [3.63, 3.8) is 0 Å². The van der Waals surface area contributed by atoms with E-state index in [4.69, 9.17) is 0 Å². The van der Waals surface area contributed by atoms with E-state index < -0.39 is 0 Å². The lowest BCUT2D eigenvalue weighted by molar-refractivity contribution is 0.311. The molecule has 1 aromatic rings. The number of hydrogen-bond acceptors (Lipinski definition) is 3. The van der Waals surface area contributed by atoms with Gasteiger partial charge in [0.2, 0.25) is 0 Å². The molecule has 1 fully saturated rings. The van der Waals surface area contributed by atoms with E-state index in [1.165, 1.54) is 37.2 Å². The average molecular weight is 233 g/mol. The minimum atomic E-state index is 0.898. The Morgan fingerprint density at radius 1 is 1.47 bits per heavy atom. The maximum absolute atomic E-state index is 4.53. The number of rotatable bonds is 5. The molecule has 0 saturated carbocycles. The number of nitrogens with zero attached hydrogens (tertiary/aromatic N) is 2. The normalized spacial score (nSPS) is 20.9. The SMILES string of the molecule is CCC1CCN(Cc2ccc(CNC)cn2)C1. The van der Waals surface area contributed by atoms with Crippen molar-refractivity contribution in [3.05, 3.63) is 29.6 Å². The van der Waals surface area contributed by atoms with Gasteiger partial charge in [0, 0.05) is 25.8 Å². The van der Waals surface area contributed by atoms with Crippen LogP contribution in [0.5, 0.6) is 0 Å². The van der Waals surface area contributed by atoms with Crippen molar-refractivity contribution >= 4 is 0 Å². The second kappa shape index (κ2) is 6.12. The number of hydrogen-bond donors (Lipinski definition) is 1. The molecule has 1 aliphatic heterocycles. The Balaban J connectivity index is 1.86. The third-order valence-corrected chi connectivity index (χ3v) is 3.60. The summed E-state index contributed by atoms with van der Waals surface area (Å²) < 4.78 is 0. The predicted molar refractivity (Wildman–Crippen MR) is 70.7 cm³/mol. The van der Waals surface area contributed by atoms with Crippen LogP contribution < -0.4 is 5.32 Å². The van der Waals surface area contributed by atoms with Crippen molar-refractivity contribution in [2.24, 2.45) is 5.92 Å². The predicted octanol–water partition coefficient (Wildman–Crippen LogP) is 2.03. The van der Waals surface area contributed by atoms with Crippen molar-refractivity contribution in [2.75, 3.05) is 20.1 Å². The summed E-state index contributed by atoms with van der Waals surface area (Å²) in [5, 5.41) is 3.14. The van der Waals surface area contributed by atoms with Crippen LogP contribution >= 0.6 is 0 Å². The highest BCUT2D eigenvalue weighted by Crippen LogP contribution is 2.20. The Bertz CT molecular complexity index is 334. The number of nitrogens with one attached hydrogen (secondary N) is 1. The van der Waals surface area contributed by atoms with Crippen LogP contribution in [0.4, 0.5) is 0 Å². The molecule has 0 spiro atoms. The molecule has 0 radical (unpaired) electrons. The molecule has 1 unspecified atom stereocenters. The van der Waals surface area contributed by atoms with Crippen LogP contribution in [0.3, 0.4) is 0 Å².